The second kappa shape index (κ2) is 7.03. The molecule has 2 atom stereocenters. The SMILES string of the molecule is Cc1ccc([C@@H]2CC(=O)NC3=C2C(=O)C[C@H](c2ccccc2)C3)cc1[N+](=O)[O-]. The Balaban J connectivity index is 1.74. The van der Waals surface area contributed by atoms with Gasteiger partial charge in [-0.05, 0) is 30.4 Å². The molecule has 1 heterocycles. The van der Waals surface area contributed by atoms with Crippen LogP contribution in [0.25, 0.3) is 0 Å². The van der Waals surface area contributed by atoms with E-state index >= 15 is 0 Å². The lowest BCUT2D eigenvalue weighted by molar-refractivity contribution is -0.385. The third kappa shape index (κ3) is 3.22. The largest absolute Gasteiger partial charge is 0.329 e. The first-order valence-electron chi connectivity index (χ1n) is 9.30. The van der Waals surface area contributed by atoms with E-state index in [-0.39, 0.29) is 29.7 Å². The first-order valence-corrected chi connectivity index (χ1v) is 9.30. The van der Waals surface area contributed by atoms with Crippen LogP contribution in [-0.2, 0) is 9.59 Å². The molecule has 1 N–H and O–H groups in total. The predicted octanol–water partition coefficient (Wildman–Crippen LogP) is 3.91. The smallest absolute Gasteiger partial charge is 0.272 e. The molecule has 1 amide bonds. The molecular formula is C22H20N2O4. The molecule has 0 spiro atoms. The molecule has 2 aromatic carbocycles. The van der Waals surface area contributed by atoms with Crippen molar-refractivity contribution in [2.45, 2.75) is 38.0 Å². The number of nitrogens with zero attached hydrogens (tertiary/aromatic N) is 1. The maximum absolute atomic E-state index is 13.0. The Kier molecular flexibility index (Phi) is 4.55. The number of hydrogen-bond acceptors (Lipinski definition) is 4. The van der Waals surface area contributed by atoms with E-state index < -0.39 is 10.8 Å². The van der Waals surface area contributed by atoms with E-state index in [0.29, 0.717) is 35.2 Å². The minimum atomic E-state index is -0.438. The molecule has 0 saturated carbocycles. The van der Waals surface area contributed by atoms with Gasteiger partial charge in [0.1, 0.15) is 0 Å². The number of carbonyl (C=O) groups excluding carboxylic acids is 2. The van der Waals surface area contributed by atoms with E-state index in [2.05, 4.69) is 5.32 Å². The molecule has 4 rings (SSSR count). The zero-order valence-electron chi connectivity index (χ0n) is 15.5. The highest BCUT2D eigenvalue weighted by atomic mass is 16.6. The fourth-order valence-corrected chi connectivity index (χ4v) is 4.25. The van der Waals surface area contributed by atoms with Crippen LogP contribution in [0.5, 0.6) is 0 Å². The van der Waals surface area contributed by atoms with Crippen molar-refractivity contribution in [1.82, 2.24) is 5.32 Å². The van der Waals surface area contributed by atoms with E-state index in [1.54, 1.807) is 19.1 Å². The van der Waals surface area contributed by atoms with Gasteiger partial charge in [-0.15, -0.1) is 0 Å². The Morgan fingerprint density at radius 2 is 1.75 bits per heavy atom. The van der Waals surface area contributed by atoms with E-state index in [9.17, 15) is 19.7 Å². The Morgan fingerprint density at radius 1 is 1.00 bits per heavy atom. The number of amides is 1. The van der Waals surface area contributed by atoms with Crippen LogP contribution < -0.4 is 5.32 Å². The fourth-order valence-electron chi connectivity index (χ4n) is 4.25. The van der Waals surface area contributed by atoms with Gasteiger partial charge in [-0.25, -0.2) is 0 Å². The quantitative estimate of drug-likeness (QED) is 0.650. The molecule has 28 heavy (non-hydrogen) atoms. The van der Waals surface area contributed by atoms with Gasteiger partial charge in [0.05, 0.1) is 4.92 Å². The number of rotatable bonds is 3. The van der Waals surface area contributed by atoms with Gasteiger partial charge >= 0.3 is 0 Å². The van der Waals surface area contributed by atoms with Crippen molar-refractivity contribution >= 4 is 17.4 Å². The number of hydrogen-bond donors (Lipinski definition) is 1. The van der Waals surface area contributed by atoms with Gasteiger partial charge in [0.2, 0.25) is 5.91 Å². The third-order valence-corrected chi connectivity index (χ3v) is 5.64. The monoisotopic (exact) mass is 376 g/mol. The Morgan fingerprint density at radius 3 is 2.46 bits per heavy atom. The topological polar surface area (TPSA) is 89.3 Å². The highest BCUT2D eigenvalue weighted by Gasteiger charge is 2.38. The van der Waals surface area contributed by atoms with Crippen LogP contribution in [0.1, 0.15) is 47.8 Å². The average molecular weight is 376 g/mol. The van der Waals surface area contributed by atoms with E-state index in [1.807, 2.05) is 30.3 Å². The molecule has 0 aromatic heterocycles. The van der Waals surface area contributed by atoms with Gasteiger partial charge in [-0.1, -0.05) is 42.5 Å². The molecule has 0 unspecified atom stereocenters. The van der Waals surface area contributed by atoms with Crippen LogP contribution in [-0.4, -0.2) is 16.6 Å². The molecule has 0 bridgehead atoms. The lowest BCUT2D eigenvalue weighted by Crippen LogP contribution is -2.38. The summed E-state index contributed by atoms with van der Waals surface area (Å²) in [4.78, 5) is 36.3. The number of Topliss-reactive ketones (excluding diaryl/α,β-unsaturated/α-hetero) is 1. The lowest BCUT2D eigenvalue weighted by Gasteiger charge is -2.34. The van der Waals surface area contributed by atoms with Crippen molar-refractivity contribution in [3.8, 4) is 0 Å². The van der Waals surface area contributed by atoms with Crippen molar-refractivity contribution in [3.05, 3.63) is 86.6 Å². The highest BCUT2D eigenvalue weighted by molar-refractivity contribution is 6.02. The van der Waals surface area contributed by atoms with Gasteiger partial charge in [-0.2, -0.15) is 0 Å². The molecule has 2 aromatic rings. The number of allylic oxidation sites excluding steroid dienone is 2. The van der Waals surface area contributed by atoms with Crippen LogP contribution in [0.15, 0.2) is 59.8 Å². The zero-order chi connectivity index (χ0) is 19.8. The van der Waals surface area contributed by atoms with Gasteiger partial charge in [0, 0.05) is 41.7 Å². The van der Waals surface area contributed by atoms with Gasteiger partial charge < -0.3 is 5.32 Å². The van der Waals surface area contributed by atoms with Crippen LogP contribution in [0, 0.1) is 17.0 Å². The number of aryl methyl sites for hydroxylation is 1. The molecule has 0 fully saturated rings. The van der Waals surface area contributed by atoms with Crippen molar-refractivity contribution < 1.29 is 14.5 Å². The van der Waals surface area contributed by atoms with Gasteiger partial charge in [-0.3, -0.25) is 19.7 Å². The van der Waals surface area contributed by atoms with Crippen LogP contribution in [0.4, 0.5) is 5.69 Å². The maximum atomic E-state index is 13.0. The minimum Gasteiger partial charge on any atom is -0.329 e. The molecule has 6 heteroatoms. The van der Waals surface area contributed by atoms with Crippen molar-refractivity contribution in [1.29, 1.82) is 0 Å². The van der Waals surface area contributed by atoms with Crippen molar-refractivity contribution in [3.63, 3.8) is 0 Å². The second-order valence-electron chi connectivity index (χ2n) is 7.44. The molecule has 0 saturated heterocycles. The Labute approximate surface area is 162 Å². The van der Waals surface area contributed by atoms with Crippen LogP contribution >= 0.6 is 0 Å². The Hall–Kier alpha value is -3.28. The summed E-state index contributed by atoms with van der Waals surface area (Å²) in [5.74, 6) is -0.567. The predicted molar refractivity (Wildman–Crippen MR) is 104 cm³/mol. The number of nitro groups is 1. The fraction of sp³-hybridized carbons (Fsp3) is 0.273. The maximum Gasteiger partial charge on any atom is 0.272 e. The molecule has 0 radical (unpaired) electrons. The Bertz CT molecular complexity index is 1010. The average Bonchev–Trinajstić information content (AvgIpc) is 2.67. The second-order valence-corrected chi connectivity index (χ2v) is 7.44. The molecule has 2 aliphatic rings. The van der Waals surface area contributed by atoms with E-state index in [1.165, 1.54) is 6.07 Å². The van der Waals surface area contributed by atoms with Gasteiger partial charge in [0.25, 0.3) is 5.69 Å². The lowest BCUT2D eigenvalue weighted by atomic mass is 9.73. The third-order valence-electron chi connectivity index (χ3n) is 5.64. The summed E-state index contributed by atoms with van der Waals surface area (Å²) in [6.07, 6.45) is 1.09. The minimum absolute atomic E-state index is 0.00308. The van der Waals surface area contributed by atoms with E-state index in [4.69, 9.17) is 0 Å². The summed E-state index contributed by atoms with van der Waals surface area (Å²) in [5, 5.41) is 14.2. The molecule has 6 nitrogen and oxygen atoms in total. The summed E-state index contributed by atoms with van der Waals surface area (Å²) >= 11 is 0. The molecular weight excluding hydrogens is 356 g/mol. The number of benzene rings is 2. The molecule has 1 aliphatic heterocycles. The normalized spacial score (nSPS) is 21.9. The standard InChI is InChI=1S/C22H20N2O4/c1-13-7-8-15(10-19(13)24(27)28)17-12-21(26)23-18-9-16(11-20(25)22(17)18)14-5-3-2-4-6-14/h2-8,10,16-17H,9,11-12H2,1H3,(H,23,26)/t16-,17+/m1/s1. The van der Waals surface area contributed by atoms with Crippen LogP contribution in [0.3, 0.4) is 0 Å². The zero-order valence-corrected chi connectivity index (χ0v) is 15.5. The number of ketones is 1. The van der Waals surface area contributed by atoms with Crippen LogP contribution in [0.2, 0.25) is 0 Å². The number of carbonyl (C=O) groups is 2. The summed E-state index contributed by atoms with van der Waals surface area (Å²) in [5.41, 5.74) is 3.55. The highest BCUT2D eigenvalue weighted by Crippen LogP contribution is 2.43. The summed E-state index contributed by atoms with van der Waals surface area (Å²) < 4.78 is 0. The molecule has 1 aliphatic carbocycles. The van der Waals surface area contributed by atoms with Crippen molar-refractivity contribution in [2.75, 3.05) is 0 Å². The summed E-state index contributed by atoms with van der Waals surface area (Å²) in [6, 6.07) is 14.8. The summed E-state index contributed by atoms with van der Waals surface area (Å²) in [7, 11) is 0. The van der Waals surface area contributed by atoms with E-state index in [0.717, 1.165) is 5.56 Å². The number of nitrogens with one attached hydrogen (secondary N) is 1. The number of nitro benzene ring substituents is 1. The van der Waals surface area contributed by atoms with Crippen molar-refractivity contribution in [2.24, 2.45) is 0 Å². The first-order chi connectivity index (χ1) is 13.4. The summed E-state index contributed by atoms with van der Waals surface area (Å²) in [6.45, 7) is 1.68. The van der Waals surface area contributed by atoms with Gasteiger partial charge in [0.15, 0.2) is 5.78 Å². The first kappa shape index (κ1) is 18.1. The molecule has 142 valence electrons.